The van der Waals surface area contributed by atoms with E-state index in [-0.39, 0.29) is 29.5 Å². The second-order valence-corrected chi connectivity index (χ2v) is 9.33. The van der Waals surface area contributed by atoms with Crippen molar-refractivity contribution in [2.75, 3.05) is 0 Å². The molecule has 4 aromatic rings. The van der Waals surface area contributed by atoms with Gasteiger partial charge in [-0.05, 0) is 48.9 Å². The van der Waals surface area contributed by atoms with Gasteiger partial charge in [-0.25, -0.2) is 0 Å². The molecule has 7 heteroatoms. The van der Waals surface area contributed by atoms with Gasteiger partial charge < -0.3 is 9.47 Å². The number of Topliss-reactive ketones (excluding diaryl/α,β-unsaturated/α-hetero) is 2. The second-order valence-electron chi connectivity index (χ2n) is 9.33. The average molecular weight is 485 g/mol. The van der Waals surface area contributed by atoms with Crippen molar-refractivity contribution >= 4 is 22.3 Å². The molecule has 0 spiro atoms. The molecule has 0 saturated heterocycles. The number of carbonyl (C=O) groups excluding carboxylic acids is 2. The number of nitrogens with zero attached hydrogens (tertiary/aromatic N) is 1. The number of ketones is 2. The monoisotopic (exact) mass is 485 g/mol. The maximum Gasteiger partial charge on any atom is 0.586 e. The quantitative estimate of drug-likeness (QED) is 0.301. The van der Waals surface area contributed by atoms with Gasteiger partial charge in [0.25, 0.3) is 0 Å². The largest absolute Gasteiger partial charge is 0.586 e. The minimum atomic E-state index is -3.70. The van der Waals surface area contributed by atoms with Crippen molar-refractivity contribution < 1.29 is 27.8 Å². The number of fused-ring (bicyclic) bond motifs is 2. The predicted octanol–water partition coefficient (Wildman–Crippen LogP) is 6.27. The van der Waals surface area contributed by atoms with Gasteiger partial charge in [0.05, 0.1) is 11.1 Å². The number of rotatable bonds is 6. The van der Waals surface area contributed by atoms with Crippen LogP contribution in [0.15, 0.2) is 72.8 Å². The number of alkyl halides is 2. The Morgan fingerprint density at radius 3 is 2.36 bits per heavy atom. The van der Waals surface area contributed by atoms with Gasteiger partial charge in [-0.3, -0.25) is 14.6 Å². The normalized spacial score (nSPS) is 16.6. The zero-order chi connectivity index (χ0) is 25.1. The summed E-state index contributed by atoms with van der Waals surface area (Å²) in [5.41, 5.74) is 2.74. The molecule has 1 aliphatic heterocycles. The summed E-state index contributed by atoms with van der Waals surface area (Å²) in [6.45, 7) is 1.52. The zero-order valence-corrected chi connectivity index (χ0v) is 19.4. The average Bonchev–Trinajstić information content (AvgIpc) is 3.60. The molecule has 5 nitrogen and oxygen atoms in total. The fourth-order valence-electron chi connectivity index (χ4n) is 4.86. The molecule has 0 atom stereocenters. The van der Waals surface area contributed by atoms with E-state index < -0.39 is 11.7 Å². The Balaban J connectivity index is 1.33. The lowest BCUT2D eigenvalue weighted by Crippen LogP contribution is -2.26. The van der Waals surface area contributed by atoms with Crippen LogP contribution < -0.4 is 9.47 Å². The van der Waals surface area contributed by atoms with Crippen molar-refractivity contribution in [3.05, 3.63) is 89.6 Å². The summed E-state index contributed by atoms with van der Waals surface area (Å²) < 4.78 is 36.0. The lowest BCUT2D eigenvalue weighted by atomic mass is 9.88. The molecule has 0 N–H and O–H groups in total. The molecule has 0 bridgehead atoms. The standard InChI is InChI=1S/C29H21F2NO4/c1-17(33)18-6-8-19(9-7-18)27-23-5-3-2-4-20(23)14-22(32-27)16-26(34)28(12-13-28)21-10-11-24-25(15-21)36-29(30,31)35-24/h2-11,14-15H,12-13,16H2,1H3. The van der Waals surface area contributed by atoms with Gasteiger partial charge in [0.2, 0.25) is 0 Å². The number of hydrogen-bond acceptors (Lipinski definition) is 5. The van der Waals surface area contributed by atoms with E-state index in [1.807, 2.05) is 42.5 Å². The summed E-state index contributed by atoms with van der Waals surface area (Å²) in [7, 11) is 0. The van der Waals surface area contributed by atoms with Crippen molar-refractivity contribution in [3.63, 3.8) is 0 Å². The molecule has 3 aromatic carbocycles. The predicted molar refractivity (Wildman–Crippen MR) is 129 cm³/mol. The van der Waals surface area contributed by atoms with Gasteiger partial charge in [-0.15, -0.1) is 8.78 Å². The highest BCUT2D eigenvalue weighted by Crippen LogP contribution is 2.52. The highest BCUT2D eigenvalue weighted by atomic mass is 19.3. The van der Waals surface area contributed by atoms with Crippen molar-refractivity contribution in [1.82, 2.24) is 4.98 Å². The Morgan fingerprint density at radius 1 is 0.917 bits per heavy atom. The number of hydrogen-bond donors (Lipinski definition) is 0. The molecular weight excluding hydrogens is 464 g/mol. The molecule has 6 rings (SSSR count). The number of aromatic nitrogens is 1. The minimum absolute atomic E-state index is 0.0133. The summed E-state index contributed by atoms with van der Waals surface area (Å²) in [6, 6.07) is 21.6. The van der Waals surface area contributed by atoms with Crippen LogP contribution in [0.25, 0.3) is 22.0 Å². The Bertz CT molecular complexity index is 1540. The fourth-order valence-corrected chi connectivity index (χ4v) is 4.86. The molecule has 36 heavy (non-hydrogen) atoms. The van der Waals surface area contributed by atoms with E-state index in [4.69, 9.17) is 4.98 Å². The molecule has 2 aliphatic rings. The van der Waals surface area contributed by atoms with Gasteiger partial charge in [0.15, 0.2) is 17.3 Å². The SMILES string of the molecule is CC(=O)c1ccc(-c2nc(CC(=O)C3(c4ccc5c(c4)OC(F)(F)O5)CC3)cc3ccccc23)cc1. The summed E-state index contributed by atoms with van der Waals surface area (Å²) in [6.07, 6.45) is -2.33. The molecule has 1 aliphatic carbocycles. The zero-order valence-electron chi connectivity index (χ0n) is 19.4. The van der Waals surface area contributed by atoms with Crippen LogP contribution in [-0.4, -0.2) is 22.8 Å². The molecule has 1 fully saturated rings. The highest BCUT2D eigenvalue weighted by Gasteiger charge is 2.52. The van der Waals surface area contributed by atoms with E-state index >= 15 is 0 Å². The first-order chi connectivity index (χ1) is 17.2. The number of pyridine rings is 1. The molecule has 1 aromatic heterocycles. The first-order valence-corrected chi connectivity index (χ1v) is 11.7. The van der Waals surface area contributed by atoms with Crippen molar-refractivity contribution in [2.24, 2.45) is 0 Å². The van der Waals surface area contributed by atoms with Crippen LogP contribution in [0.1, 0.15) is 41.4 Å². The van der Waals surface area contributed by atoms with Crippen molar-refractivity contribution in [1.29, 1.82) is 0 Å². The minimum Gasteiger partial charge on any atom is -0.395 e. The molecule has 180 valence electrons. The van der Waals surface area contributed by atoms with Crippen LogP contribution in [-0.2, 0) is 16.6 Å². The molecule has 0 radical (unpaired) electrons. The molecule has 1 saturated carbocycles. The number of ether oxygens (including phenoxy) is 2. The summed E-state index contributed by atoms with van der Waals surface area (Å²) >= 11 is 0. The Kier molecular flexibility index (Phi) is 4.93. The number of halogens is 2. The third-order valence-corrected chi connectivity index (χ3v) is 6.94. The Labute approximate surface area is 205 Å². The lowest BCUT2D eigenvalue weighted by Gasteiger charge is -2.16. The molecule has 2 heterocycles. The first-order valence-electron chi connectivity index (χ1n) is 11.7. The molecular formula is C29H21F2NO4. The Morgan fingerprint density at radius 2 is 1.64 bits per heavy atom. The summed E-state index contributed by atoms with van der Waals surface area (Å²) in [5.74, 6) is -0.130. The van der Waals surface area contributed by atoms with Crippen LogP contribution >= 0.6 is 0 Å². The molecule has 0 unspecified atom stereocenters. The van der Waals surface area contributed by atoms with E-state index in [0.717, 1.165) is 22.0 Å². The van der Waals surface area contributed by atoms with Crippen LogP contribution in [0.5, 0.6) is 11.5 Å². The van der Waals surface area contributed by atoms with Crippen molar-refractivity contribution in [2.45, 2.75) is 37.9 Å². The van der Waals surface area contributed by atoms with E-state index in [1.54, 1.807) is 18.2 Å². The van der Waals surface area contributed by atoms with Gasteiger partial charge in [0.1, 0.15) is 5.78 Å². The van der Waals surface area contributed by atoms with E-state index in [1.165, 1.54) is 19.1 Å². The van der Waals surface area contributed by atoms with Crippen LogP contribution in [0, 0.1) is 0 Å². The lowest BCUT2D eigenvalue weighted by molar-refractivity contribution is -0.286. The first kappa shape index (κ1) is 22.3. The van der Waals surface area contributed by atoms with Crippen molar-refractivity contribution in [3.8, 4) is 22.8 Å². The smallest absolute Gasteiger partial charge is 0.395 e. The maximum absolute atomic E-state index is 13.5. The Hall–Kier alpha value is -4.13. The fraction of sp³-hybridized carbons (Fsp3) is 0.207. The van der Waals surface area contributed by atoms with Crippen LogP contribution in [0.3, 0.4) is 0 Å². The number of benzene rings is 3. The molecule has 0 amide bonds. The van der Waals surface area contributed by atoms with Gasteiger partial charge >= 0.3 is 6.29 Å². The van der Waals surface area contributed by atoms with Gasteiger partial charge in [-0.2, -0.15) is 0 Å². The van der Waals surface area contributed by atoms with E-state index in [2.05, 4.69) is 9.47 Å². The third kappa shape index (κ3) is 3.81. The topological polar surface area (TPSA) is 65.5 Å². The van der Waals surface area contributed by atoms with Crippen LogP contribution in [0.2, 0.25) is 0 Å². The second kappa shape index (κ2) is 7.95. The van der Waals surface area contributed by atoms with Gasteiger partial charge in [-0.1, -0.05) is 54.6 Å². The maximum atomic E-state index is 13.5. The van der Waals surface area contributed by atoms with E-state index in [0.29, 0.717) is 29.7 Å². The third-order valence-electron chi connectivity index (χ3n) is 6.94. The number of carbonyl (C=O) groups is 2. The van der Waals surface area contributed by atoms with Crippen LogP contribution in [0.4, 0.5) is 8.78 Å². The summed E-state index contributed by atoms with van der Waals surface area (Å²) in [5, 5.41) is 1.90. The van der Waals surface area contributed by atoms with Gasteiger partial charge in [0, 0.05) is 28.6 Å². The summed E-state index contributed by atoms with van der Waals surface area (Å²) in [4.78, 5) is 30.1. The highest BCUT2D eigenvalue weighted by molar-refractivity contribution is 5.99. The van der Waals surface area contributed by atoms with E-state index in [9.17, 15) is 18.4 Å².